The highest BCUT2D eigenvalue weighted by Crippen LogP contribution is 2.34. The Bertz CT molecular complexity index is 764. The van der Waals surface area contributed by atoms with Crippen molar-refractivity contribution in [3.05, 3.63) is 47.7 Å². The minimum absolute atomic E-state index is 0.00426. The average molecular weight is 354 g/mol. The number of hydrogen-bond donors (Lipinski definition) is 0. The molecule has 1 aliphatic carbocycles. The van der Waals surface area contributed by atoms with Gasteiger partial charge in [-0.2, -0.15) is 0 Å². The maximum absolute atomic E-state index is 13.0. The largest absolute Gasteiger partial charge is 0.496 e. The number of nitrogens with zero attached hydrogens (tertiary/aromatic N) is 2. The predicted molar refractivity (Wildman–Crippen MR) is 98.5 cm³/mol. The first kappa shape index (κ1) is 17.1. The molecule has 2 heterocycles. The van der Waals surface area contributed by atoms with Gasteiger partial charge in [-0.25, -0.2) is 4.98 Å². The summed E-state index contributed by atoms with van der Waals surface area (Å²) in [6.45, 7) is 0.782. The van der Waals surface area contributed by atoms with E-state index in [1.807, 2.05) is 23.1 Å². The van der Waals surface area contributed by atoms with Crippen LogP contribution in [0.2, 0.25) is 0 Å². The van der Waals surface area contributed by atoms with Crippen LogP contribution in [0.4, 0.5) is 0 Å². The summed E-state index contributed by atoms with van der Waals surface area (Å²) in [5, 5.41) is 0. The van der Waals surface area contributed by atoms with Crippen LogP contribution in [0.5, 0.6) is 5.75 Å². The van der Waals surface area contributed by atoms with Crippen LogP contribution in [0.1, 0.15) is 66.4 Å². The van der Waals surface area contributed by atoms with E-state index in [-0.39, 0.29) is 11.9 Å². The molecule has 0 radical (unpaired) electrons. The van der Waals surface area contributed by atoms with E-state index in [1.165, 1.54) is 12.8 Å². The number of hydrogen-bond acceptors (Lipinski definition) is 4. The highest BCUT2D eigenvalue weighted by atomic mass is 16.5. The number of methoxy groups -OCH3 is 1. The Hall–Kier alpha value is -2.30. The zero-order valence-electron chi connectivity index (χ0n) is 15.3. The average Bonchev–Trinajstić information content (AvgIpc) is 3.42. The maximum Gasteiger partial charge on any atom is 0.276 e. The van der Waals surface area contributed by atoms with E-state index in [0.717, 1.165) is 55.9 Å². The van der Waals surface area contributed by atoms with Crippen LogP contribution in [0.3, 0.4) is 0 Å². The number of benzene rings is 1. The van der Waals surface area contributed by atoms with E-state index in [0.29, 0.717) is 11.6 Å². The molecule has 26 heavy (non-hydrogen) atoms. The van der Waals surface area contributed by atoms with Gasteiger partial charge in [0.2, 0.25) is 0 Å². The van der Waals surface area contributed by atoms with Gasteiger partial charge in [0.25, 0.3) is 5.91 Å². The Morgan fingerprint density at radius 1 is 1.23 bits per heavy atom. The molecule has 0 bridgehead atoms. The molecule has 0 N–H and O–H groups in total. The van der Waals surface area contributed by atoms with E-state index < -0.39 is 0 Å². The van der Waals surface area contributed by atoms with Gasteiger partial charge in [-0.05, 0) is 43.7 Å². The summed E-state index contributed by atoms with van der Waals surface area (Å²) in [7, 11) is 1.69. The fourth-order valence-corrected chi connectivity index (χ4v) is 4.33. The van der Waals surface area contributed by atoms with Gasteiger partial charge in [0, 0.05) is 18.5 Å². The second-order valence-corrected chi connectivity index (χ2v) is 7.36. The highest BCUT2D eigenvalue weighted by molar-refractivity contribution is 5.92. The molecule has 1 amide bonds. The third kappa shape index (κ3) is 3.35. The SMILES string of the molecule is COc1ccccc1CC1CCCN1C(=O)c1coc(C2CCCC2)n1. The van der Waals surface area contributed by atoms with Gasteiger partial charge in [-0.3, -0.25) is 4.79 Å². The molecular weight excluding hydrogens is 328 g/mol. The number of para-hydroxylation sites is 1. The summed E-state index contributed by atoms with van der Waals surface area (Å²) < 4.78 is 11.1. The molecular formula is C21H26N2O3. The van der Waals surface area contributed by atoms with Crippen LogP contribution in [0.25, 0.3) is 0 Å². The maximum atomic E-state index is 13.0. The smallest absolute Gasteiger partial charge is 0.276 e. The summed E-state index contributed by atoms with van der Waals surface area (Å²) in [4.78, 5) is 19.5. The molecule has 2 aliphatic rings. The lowest BCUT2D eigenvalue weighted by atomic mass is 10.0. The molecule has 1 aromatic carbocycles. The van der Waals surface area contributed by atoms with Gasteiger partial charge in [0.05, 0.1) is 7.11 Å². The molecule has 1 aromatic heterocycles. The number of carbonyl (C=O) groups is 1. The molecule has 2 fully saturated rings. The molecule has 1 saturated heterocycles. The fraction of sp³-hybridized carbons (Fsp3) is 0.524. The predicted octanol–water partition coefficient (Wildman–Crippen LogP) is 4.19. The van der Waals surface area contributed by atoms with Crippen LogP contribution in [0.15, 0.2) is 34.9 Å². The van der Waals surface area contributed by atoms with Gasteiger partial charge in [-0.1, -0.05) is 31.0 Å². The van der Waals surface area contributed by atoms with Crippen LogP contribution in [-0.2, 0) is 6.42 Å². The Labute approximate surface area is 154 Å². The molecule has 5 nitrogen and oxygen atoms in total. The molecule has 1 atom stereocenters. The van der Waals surface area contributed by atoms with Crippen molar-refractivity contribution in [1.29, 1.82) is 0 Å². The van der Waals surface area contributed by atoms with Crippen molar-refractivity contribution >= 4 is 5.91 Å². The highest BCUT2D eigenvalue weighted by Gasteiger charge is 2.32. The molecule has 5 heteroatoms. The first-order valence-corrected chi connectivity index (χ1v) is 9.64. The van der Waals surface area contributed by atoms with Gasteiger partial charge in [-0.15, -0.1) is 0 Å². The van der Waals surface area contributed by atoms with E-state index >= 15 is 0 Å². The molecule has 1 unspecified atom stereocenters. The molecule has 0 spiro atoms. The topological polar surface area (TPSA) is 55.6 Å². The van der Waals surface area contributed by atoms with Gasteiger partial charge in [0.15, 0.2) is 11.6 Å². The number of rotatable bonds is 5. The zero-order valence-corrected chi connectivity index (χ0v) is 15.3. The van der Waals surface area contributed by atoms with E-state index in [9.17, 15) is 4.79 Å². The summed E-state index contributed by atoms with van der Waals surface area (Å²) >= 11 is 0. The Morgan fingerprint density at radius 2 is 2.04 bits per heavy atom. The van der Waals surface area contributed by atoms with Crippen molar-refractivity contribution in [3.8, 4) is 5.75 Å². The fourth-order valence-electron chi connectivity index (χ4n) is 4.33. The van der Waals surface area contributed by atoms with Crippen molar-refractivity contribution in [2.75, 3.05) is 13.7 Å². The number of oxazole rings is 1. The Balaban J connectivity index is 1.48. The summed E-state index contributed by atoms with van der Waals surface area (Å²) in [6.07, 6.45) is 9.09. The minimum Gasteiger partial charge on any atom is -0.496 e. The number of likely N-dealkylation sites (tertiary alicyclic amines) is 1. The molecule has 138 valence electrons. The van der Waals surface area contributed by atoms with Crippen LogP contribution in [-0.4, -0.2) is 35.5 Å². The lowest BCUT2D eigenvalue weighted by molar-refractivity contribution is 0.0730. The first-order chi connectivity index (χ1) is 12.8. The number of carbonyl (C=O) groups excluding carboxylic acids is 1. The Morgan fingerprint density at radius 3 is 2.85 bits per heavy atom. The lowest BCUT2D eigenvalue weighted by Crippen LogP contribution is -2.37. The third-order valence-corrected chi connectivity index (χ3v) is 5.73. The van der Waals surface area contributed by atoms with Crippen molar-refractivity contribution in [1.82, 2.24) is 9.88 Å². The van der Waals surface area contributed by atoms with E-state index in [1.54, 1.807) is 13.4 Å². The second-order valence-electron chi connectivity index (χ2n) is 7.36. The summed E-state index contributed by atoms with van der Waals surface area (Å²) in [5.41, 5.74) is 1.60. The minimum atomic E-state index is -0.00426. The van der Waals surface area contributed by atoms with Crippen molar-refractivity contribution in [2.45, 2.75) is 56.9 Å². The monoisotopic (exact) mass is 354 g/mol. The standard InChI is InChI=1S/C21H26N2O3/c1-25-19-11-5-4-9-16(19)13-17-10-6-12-23(17)21(24)18-14-26-20(22-18)15-7-2-3-8-15/h4-5,9,11,14-15,17H,2-3,6-8,10,12-13H2,1H3. The lowest BCUT2D eigenvalue weighted by Gasteiger charge is -2.24. The van der Waals surface area contributed by atoms with Crippen molar-refractivity contribution in [2.24, 2.45) is 0 Å². The number of ether oxygens (including phenoxy) is 1. The normalized spacial score (nSPS) is 20.7. The molecule has 1 aliphatic heterocycles. The van der Waals surface area contributed by atoms with Gasteiger partial charge in [0.1, 0.15) is 12.0 Å². The molecule has 2 aromatic rings. The molecule has 4 rings (SSSR count). The Kier molecular flexibility index (Phi) is 4.96. The summed E-state index contributed by atoms with van der Waals surface area (Å²) in [5.74, 6) is 2.01. The zero-order chi connectivity index (χ0) is 17.9. The second kappa shape index (κ2) is 7.52. The van der Waals surface area contributed by atoms with Crippen LogP contribution in [0, 0.1) is 0 Å². The number of amides is 1. The van der Waals surface area contributed by atoms with Crippen LogP contribution < -0.4 is 4.74 Å². The van der Waals surface area contributed by atoms with E-state index in [4.69, 9.17) is 9.15 Å². The van der Waals surface area contributed by atoms with Crippen LogP contribution >= 0.6 is 0 Å². The van der Waals surface area contributed by atoms with Gasteiger partial charge < -0.3 is 14.1 Å². The number of aromatic nitrogens is 1. The molecule has 1 saturated carbocycles. The van der Waals surface area contributed by atoms with Gasteiger partial charge >= 0.3 is 0 Å². The van der Waals surface area contributed by atoms with Crippen molar-refractivity contribution < 1.29 is 13.9 Å². The third-order valence-electron chi connectivity index (χ3n) is 5.73. The quantitative estimate of drug-likeness (QED) is 0.808. The summed E-state index contributed by atoms with van der Waals surface area (Å²) in [6, 6.07) is 8.23. The first-order valence-electron chi connectivity index (χ1n) is 9.64. The van der Waals surface area contributed by atoms with E-state index in [2.05, 4.69) is 11.1 Å². The van der Waals surface area contributed by atoms with Crippen molar-refractivity contribution in [3.63, 3.8) is 0 Å².